The van der Waals surface area contributed by atoms with Gasteiger partial charge in [-0.1, -0.05) is 12.1 Å². The number of piperazine rings is 1. The molecule has 2 aliphatic rings. The molecule has 2 heterocycles. The number of benzene rings is 1. The maximum Gasteiger partial charge on any atom is 0.246 e. The predicted molar refractivity (Wildman–Crippen MR) is 107 cm³/mol. The monoisotopic (exact) mass is 420 g/mol. The SMILES string of the molecule is Cc1cc(C(=O)C[NH+]2CCN(S(=O)(=O)c3ccccc3F)CC2)c(C)n1C1CC1. The van der Waals surface area contributed by atoms with Gasteiger partial charge in [0.25, 0.3) is 0 Å². The highest BCUT2D eigenvalue weighted by Crippen LogP contribution is 2.38. The van der Waals surface area contributed by atoms with Gasteiger partial charge in [-0.2, -0.15) is 4.31 Å². The van der Waals surface area contributed by atoms with Gasteiger partial charge in [0.2, 0.25) is 15.8 Å². The number of hydrogen-bond donors (Lipinski definition) is 1. The van der Waals surface area contributed by atoms with Crippen LogP contribution in [0.25, 0.3) is 0 Å². The molecule has 0 spiro atoms. The third kappa shape index (κ3) is 3.89. The van der Waals surface area contributed by atoms with Gasteiger partial charge in [-0.05, 0) is 44.9 Å². The lowest BCUT2D eigenvalue weighted by Gasteiger charge is -2.31. The molecule has 1 aromatic carbocycles. The van der Waals surface area contributed by atoms with Gasteiger partial charge in [0.15, 0.2) is 0 Å². The van der Waals surface area contributed by atoms with E-state index in [2.05, 4.69) is 4.57 Å². The standard InChI is InChI=1S/C21H26FN3O3S/c1-15-13-18(16(2)25(15)17-7-8-17)20(26)14-23-9-11-24(12-10-23)29(27,28)21-6-4-3-5-19(21)22/h3-6,13,17H,7-12,14H2,1-2H3/p+1. The van der Waals surface area contributed by atoms with Crippen LogP contribution < -0.4 is 4.90 Å². The summed E-state index contributed by atoms with van der Waals surface area (Å²) in [5, 5.41) is 0. The number of aromatic nitrogens is 1. The third-order valence-electron chi connectivity index (χ3n) is 5.99. The maximum atomic E-state index is 14.0. The molecule has 1 saturated carbocycles. The molecule has 1 saturated heterocycles. The fourth-order valence-electron chi connectivity index (χ4n) is 4.29. The summed E-state index contributed by atoms with van der Waals surface area (Å²) in [6.07, 6.45) is 2.35. The lowest BCUT2D eigenvalue weighted by molar-refractivity contribution is -0.895. The summed E-state index contributed by atoms with van der Waals surface area (Å²) in [5.41, 5.74) is 2.95. The van der Waals surface area contributed by atoms with E-state index in [1.807, 2.05) is 19.9 Å². The van der Waals surface area contributed by atoms with Crippen LogP contribution in [0.4, 0.5) is 4.39 Å². The van der Waals surface area contributed by atoms with Gasteiger partial charge in [0, 0.05) is 23.0 Å². The molecule has 1 aromatic heterocycles. The van der Waals surface area contributed by atoms with E-state index < -0.39 is 15.8 Å². The third-order valence-corrected chi connectivity index (χ3v) is 7.92. The molecule has 156 valence electrons. The fraction of sp³-hybridized carbons (Fsp3) is 0.476. The van der Waals surface area contributed by atoms with Crippen LogP contribution in [0, 0.1) is 19.7 Å². The minimum atomic E-state index is -3.85. The summed E-state index contributed by atoms with van der Waals surface area (Å²) < 4.78 is 43.0. The Balaban J connectivity index is 1.40. The number of ketones is 1. The van der Waals surface area contributed by atoms with Gasteiger partial charge in [-0.25, -0.2) is 12.8 Å². The van der Waals surface area contributed by atoms with Crippen molar-refractivity contribution in [2.45, 2.75) is 37.6 Å². The Hall–Kier alpha value is -2.03. The Kier molecular flexibility index (Phi) is 5.35. The van der Waals surface area contributed by atoms with Crippen molar-refractivity contribution in [3.63, 3.8) is 0 Å². The van der Waals surface area contributed by atoms with E-state index in [0.717, 1.165) is 27.9 Å². The minimum absolute atomic E-state index is 0.102. The van der Waals surface area contributed by atoms with Crippen LogP contribution in [0.3, 0.4) is 0 Å². The van der Waals surface area contributed by atoms with E-state index in [-0.39, 0.29) is 23.8 Å². The summed E-state index contributed by atoms with van der Waals surface area (Å²) in [6, 6.07) is 7.97. The quantitative estimate of drug-likeness (QED) is 0.718. The largest absolute Gasteiger partial charge is 0.345 e. The highest BCUT2D eigenvalue weighted by molar-refractivity contribution is 7.89. The summed E-state index contributed by atoms with van der Waals surface area (Å²) in [7, 11) is -3.85. The lowest BCUT2D eigenvalue weighted by Crippen LogP contribution is -3.15. The first-order valence-electron chi connectivity index (χ1n) is 10.1. The maximum absolute atomic E-state index is 14.0. The number of carbonyl (C=O) groups is 1. The second kappa shape index (κ2) is 7.66. The number of nitrogens with one attached hydrogen (secondary N) is 1. The van der Waals surface area contributed by atoms with Crippen molar-refractivity contribution in [1.82, 2.24) is 8.87 Å². The normalized spacial score (nSPS) is 18.9. The Morgan fingerprint density at radius 1 is 1.17 bits per heavy atom. The van der Waals surface area contributed by atoms with E-state index >= 15 is 0 Å². The molecule has 0 atom stereocenters. The van der Waals surface area contributed by atoms with E-state index in [9.17, 15) is 17.6 Å². The van der Waals surface area contributed by atoms with Gasteiger partial charge in [-0.3, -0.25) is 4.79 Å². The minimum Gasteiger partial charge on any atom is -0.345 e. The second-order valence-corrected chi connectivity index (χ2v) is 9.98. The van der Waals surface area contributed by atoms with Crippen molar-refractivity contribution in [2.75, 3.05) is 32.7 Å². The summed E-state index contributed by atoms with van der Waals surface area (Å²) in [6.45, 7) is 6.01. The van der Waals surface area contributed by atoms with Crippen LogP contribution in [-0.2, 0) is 10.0 Å². The van der Waals surface area contributed by atoms with Gasteiger partial charge < -0.3 is 9.47 Å². The van der Waals surface area contributed by atoms with Crippen molar-refractivity contribution in [3.8, 4) is 0 Å². The molecule has 0 unspecified atom stereocenters. The molecule has 0 radical (unpaired) electrons. The van der Waals surface area contributed by atoms with Gasteiger partial charge in [0.05, 0.1) is 26.2 Å². The van der Waals surface area contributed by atoms with Gasteiger partial charge >= 0.3 is 0 Å². The smallest absolute Gasteiger partial charge is 0.246 e. The number of carbonyl (C=O) groups excluding carboxylic acids is 1. The number of rotatable bonds is 6. The number of halogens is 1. The first-order valence-corrected chi connectivity index (χ1v) is 11.5. The highest BCUT2D eigenvalue weighted by atomic mass is 32.2. The molecule has 2 aromatic rings. The average molecular weight is 421 g/mol. The summed E-state index contributed by atoms with van der Waals surface area (Å²) in [5.74, 6) is -0.631. The molecule has 1 aliphatic carbocycles. The van der Waals surface area contributed by atoms with E-state index in [1.54, 1.807) is 0 Å². The van der Waals surface area contributed by atoms with E-state index in [4.69, 9.17) is 0 Å². The van der Waals surface area contributed by atoms with E-state index in [1.165, 1.54) is 35.3 Å². The Labute approximate surface area is 171 Å². The molecule has 29 heavy (non-hydrogen) atoms. The molecule has 0 amide bonds. The zero-order chi connectivity index (χ0) is 20.8. The molecule has 1 N–H and O–H groups in total. The van der Waals surface area contributed by atoms with Crippen molar-refractivity contribution in [3.05, 3.63) is 53.1 Å². The number of hydrogen-bond acceptors (Lipinski definition) is 3. The van der Waals surface area contributed by atoms with Crippen molar-refractivity contribution >= 4 is 15.8 Å². The van der Waals surface area contributed by atoms with Crippen LogP contribution in [0.15, 0.2) is 35.2 Å². The average Bonchev–Trinajstić information content (AvgIpc) is 3.47. The van der Waals surface area contributed by atoms with Crippen LogP contribution >= 0.6 is 0 Å². The van der Waals surface area contributed by atoms with Crippen molar-refractivity contribution in [2.24, 2.45) is 0 Å². The first-order chi connectivity index (χ1) is 13.8. The highest BCUT2D eigenvalue weighted by Gasteiger charge is 2.34. The number of Topliss-reactive ketones (excluding diaryl/α,β-unsaturated/α-hetero) is 1. The van der Waals surface area contributed by atoms with Crippen LogP contribution in [0.5, 0.6) is 0 Å². The lowest BCUT2D eigenvalue weighted by atomic mass is 10.1. The zero-order valence-electron chi connectivity index (χ0n) is 16.8. The molecule has 6 nitrogen and oxygen atoms in total. The molecule has 4 rings (SSSR count). The van der Waals surface area contributed by atoms with Crippen molar-refractivity contribution < 1.29 is 22.5 Å². The van der Waals surface area contributed by atoms with Crippen molar-refractivity contribution in [1.29, 1.82) is 0 Å². The van der Waals surface area contributed by atoms with E-state index in [0.29, 0.717) is 25.7 Å². The molecule has 1 aliphatic heterocycles. The summed E-state index contributed by atoms with van der Waals surface area (Å²) >= 11 is 0. The molecular formula is C21H27FN3O3S+. The van der Waals surface area contributed by atoms with Gasteiger partial charge in [-0.15, -0.1) is 0 Å². The Morgan fingerprint density at radius 3 is 2.45 bits per heavy atom. The van der Waals surface area contributed by atoms with Crippen LogP contribution in [0.1, 0.15) is 40.6 Å². The van der Waals surface area contributed by atoms with Crippen LogP contribution in [-0.4, -0.2) is 55.8 Å². The first kappa shape index (κ1) is 20.3. The Bertz CT molecular complexity index is 1040. The number of quaternary nitrogens is 1. The zero-order valence-corrected chi connectivity index (χ0v) is 17.6. The van der Waals surface area contributed by atoms with Gasteiger partial charge in [0.1, 0.15) is 17.3 Å². The number of aryl methyl sites for hydroxylation is 1. The van der Waals surface area contributed by atoms with Crippen LogP contribution in [0.2, 0.25) is 0 Å². The molecule has 0 bridgehead atoms. The second-order valence-electron chi connectivity index (χ2n) is 8.07. The Morgan fingerprint density at radius 2 is 1.83 bits per heavy atom. The molecular weight excluding hydrogens is 393 g/mol. The molecule has 8 heteroatoms. The predicted octanol–water partition coefficient (Wildman–Crippen LogP) is 1.35. The summed E-state index contributed by atoms with van der Waals surface area (Å²) in [4.78, 5) is 13.6. The number of sulfonamides is 1. The fourth-order valence-corrected chi connectivity index (χ4v) is 5.80. The molecule has 2 fully saturated rings. The topological polar surface area (TPSA) is 63.8 Å². The number of nitrogens with zero attached hydrogens (tertiary/aromatic N) is 2.